The first-order chi connectivity index (χ1) is 10.4. The fourth-order valence-corrected chi connectivity index (χ4v) is 2.02. The van der Waals surface area contributed by atoms with Gasteiger partial charge < -0.3 is 20.5 Å². The van der Waals surface area contributed by atoms with Crippen molar-refractivity contribution in [3.63, 3.8) is 0 Å². The van der Waals surface area contributed by atoms with Gasteiger partial charge in [-0.2, -0.15) is 0 Å². The summed E-state index contributed by atoms with van der Waals surface area (Å²) in [6.45, 7) is 5.91. The fourth-order valence-electron chi connectivity index (χ4n) is 2.02. The number of rotatable bonds is 8. The number of hydrogen-bond acceptors (Lipinski definition) is 3. The number of halogens is 1. The predicted octanol–water partition coefficient (Wildman–Crippen LogP) is 2.30. The number of hydrogen-bond donors (Lipinski definition) is 3. The van der Waals surface area contributed by atoms with Crippen LogP contribution < -0.4 is 15.4 Å². The van der Waals surface area contributed by atoms with Gasteiger partial charge in [0.1, 0.15) is 6.10 Å². The highest BCUT2D eigenvalue weighted by molar-refractivity contribution is 5.74. The standard InChI is InChI=1S/C16H25FN2O3/c1-11(2)8-13(10-20)19-16(21)18-9-12(3)22-15-7-5-4-6-14(15)17/h4-7,11-13,20H,8-10H2,1-3H3,(H2,18,19,21). The molecule has 0 aliphatic heterocycles. The minimum Gasteiger partial charge on any atom is -0.486 e. The van der Waals surface area contributed by atoms with Crippen LogP contribution in [0.15, 0.2) is 24.3 Å². The van der Waals surface area contributed by atoms with E-state index in [1.165, 1.54) is 12.1 Å². The van der Waals surface area contributed by atoms with E-state index >= 15 is 0 Å². The normalized spacial score (nSPS) is 13.5. The Morgan fingerprint density at radius 1 is 1.32 bits per heavy atom. The highest BCUT2D eigenvalue weighted by atomic mass is 19.1. The van der Waals surface area contributed by atoms with Gasteiger partial charge in [-0.3, -0.25) is 0 Å². The first-order valence-electron chi connectivity index (χ1n) is 7.48. The number of nitrogens with one attached hydrogen (secondary N) is 2. The second-order valence-electron chi connectivity index (χ2n) is 5.72. The van der Waals surface area contributed by atoms with Crippen LogP contribution in [0.4, 0.5) is 9.18 Å². The molecule has 2 unspecified atom stereocenters. The molecule has 0 heterocycles. The van der Waals surface area contributed by atoms with Gasteiger partial charge in [-0.1, -0.05) is 26.0 Å². The van der Waals surface area contributed by atoms with Gasteiger partial charge in [0, 0.05) is 0 Å². The summed E-state index contributed by atoms with van der Waals surface area (Å²) in [5, 5.41) is 14.6. The lowest BCUT2D eigenvalue weighted by atomic mass is 10.0. The van der Waals surface area contributed by atoms with Crippen molar-refractivity contribution in [1.82, 2.24) is 10.6 Å². The minimum atomic E-state index is -0.434. The molecule has 0 aliphatic rings. The van der Waals surface area contributed by atoms with Crippen molar-refractivity contribution < 1.29 is 19.0 Å². The zero-order valence-corrected chi connectivity index (χ0v) is 13.3. The Morgan fingerprint density at radius 3 is 2.59 bits per heavy atom. The monoisotopic (exact) mass is 312 g/mol. The van der Waals surface area contributed by atoms with Crippen molar-refractivity contribution in [3.05, 3.63) is 30.1 Å². The van der Waals surface area contributed by atoms with Crippen molar-refractivity contribution in [1.29, 1.82) is 0 Å². The maximum Gasteiger partial charge on any atom is 0.315 e. The number of carbonyl (C=O) groups is 1. The first kappa shape index (κ1) is 18.2. The summed E-state index contributed by atoms with van der Waals surface area (Å²) in [6.07, 6.45) is 0.325. The van der Waals surface area contributed by atoms with Crippen LogP contribution in [0.2, 0.25) is 0 Å². The third kappa shape index (κ3) is 6.76. The van der Waals surface area contributed by atoms with Crippen molar-refractivity contribution in [3.8, 4) is 5.75 Å². The van der Waals surface area contributed by atoms with E-state index in [-0.39, 0.29) is 37.1 Å². The van der Waals surface area contributed by atoms with Gasteiger partial charge in [-0.25, -0.2) is 9.18 Å². The number of para-hydroxylation sites is 1. The molecule has 0 fully saturated rings. The molecule has 0 bridgehead atoms. The summed E-state index contributed by atoms with van der Waals surface area (Å²) >= 11 is 0. The number of ether oxygens (including phenoxy) is 1. The van der Waals surface area contributed by atoms with Crippen LogP contribution in [0.3, 0.4) is 0 Å². The van der Waals surface area contributed by atoms with Crippen molar-refractivity contribution in [2.45, 2.75) is 39.3 Å². The smallest absolute Gasteiger partial charge is 0.315 e. The van der Waals surface area contributed by atoms with E-state index in [1.54, 1.807) is 19.1 Å². The van der Waals surface area contributed by atoms with E-state index in [2.05, 4.69) is 10.6 Å². The number of urea groups is 1. The zero-order valence-electron chi connectivity index (χ0n) is 13.3. The molecule has 1 aromatic rings. The zero-order chi connectivity index (χ0) is 16.5. The third-order valence-corrected chi connectivity index (χ3v) is 3.03. The van der Waals surface area contributed by atoms with E-state index in [0.717, 1.165) is 0 Å². The summed E-state index contributed by atoms with van der Waals surface area (Å²) in [4.78, 5) is 11.8. The Labute approximate surface area is 130 Å². The van der Waals surface area contributed by atoms with Crippen molar-refractivity contribution >= 4 is 6.03 Å². The van der Waals surface area contributed by atoms with Crippen LogP contribution in [0.5, 0.6) is 5.75 Å². The highest BCUT2D eigenvalue weighted by Gasteiger charge is 2.14. The quantitative estimate of drug-likeness (QED) is 0.690. The topological polar surface area (TPSA) is 70.6 Å². The molecule has 1 rings (SSSR count). The highest BCUT2D eigenvalue weighted by Crippen LogP contribution is 2.16. The molecule has 0 saturated carbocycles. The van der Waals surface area contributed by atoms with E-state index in [4.69, 9.17) is 4.74 Å². The molecule has 22 heavy (non-hydrogen) atoms. The van der Waals surface area contributed by atoms with E-state index < -0.39 is 5.82 Å². The second-order valence-corrected chi connectivity index (χ2v) is 5.72. The number of carbonyl (C=O) groups excluding carboxylic acids is 1. The maximum atomic E-state index is 13.4. The molecule has 6 heteroatoms. The molecule has 0 aromatic heterocycles. The number of aliphatic hydroxyl groups excluding tert-OH is 1. The molecule has 0 saturated heterocycles. The van der Waals surface area contributed by atoms with Crippen LogP contribution in [0.25, 0.3) is 0 Å². The van der Waals surface area contributed by atoms with Crippen LogP contribution in [0, 0.1) is 11.7 Å². The van der Waals surface area contributed by atoms with Crippen molar-refractivity contribution in [2.24, 2.45) is 5.92 Å². The molecule has 0 spiro atoms. The van der Waals surface area contributed by atoms with Crippen LogP contribution in [-0.2, 0) is 0 Å². The lowest BCUT2D eigenvalue weighted by Gasteiger charge is -2.20. The number of benzene rings is 1. The summed E-state index contributed by atoms with van der Waals surface area (Å²) in [7, 11) is 0. The first-order valence-corrected chi connectivity index (χ1v) is 7.48. The second kappa shape index (κ2) is 9.25. The largest absolute Gasteiger partial charge is 0.486 e. The summed E-state index contributed by atoms with van der Waals surface area (Å²) in [6, 6.07) is 5.48. The fraction of sp³-hybridized carbons (Fsp3) is 0.562. The molecule has 2 atom stereocenters. The number of amides is 2. The van der Waals surface area contributed by atoms with Gasteiger partial charge in [0.05, 0.1) is 19.2 Å². The third-order valence-electron chi connectivity index (χ3n) is 3.03. The lowest BCUT2D eigenvalue weighted by molar-refractivity contribution is 0.191. The van der Waals surface area contributed by atoms with E-state index in [1.807, 2.05) is 13.8 Å². The predicted molar refractivity (Wildman–Crippen MR) is 83.4 cm³/mol. The molecule has 2 amide bonds. The Kier molecular flexibility index (Phi) is 7.66. The molecule has 3 N–H and O–H groups in total. The van der Waals surface area contributed by atoms with Gasteiger partial charge in [-0.05, 0) is 31.4 Å². The molecular formula is C16H25FN2O3. The van der Waals surface area contributed by atoms with Gasteiger partial charge >= 0.3 is 6.03 Å². The molecule has 1 aromatic carbocycles. The number of aliphatic hydroxyl groups is 1. The molecule has 124 valence electrons. The average Bonchev–Trinajstić information content (AvgIpc) is 2.46. The molecular weight excluding hydrogens is 287 g/mol. The van der Waals surface area contributed by atoms with E-state index in [0.29, 0.717) is 12.3 Å². The summed E-state index contributed by atoms with van der Waals surface area (Å²) < 4.78 is 18.9. The van der Waals surface area contributed by atoms with Gasteiger partial charge in [0.25, 0.3) is 0 Å². The van der Waals surface area contributed by atoms with Crippen LogP contribution in [-0.4, -0.2) is 36.4 Å². The van der Waals surface area contributed by atoms with Gasteiger partial charge in [0.2, 0.25) is 0 Å². The Morgan fingerprint density at radius 2 is 2.00 bits per heavy atom. The van der Waals surface area contributed by atoms with E-state index in [9.17, 15) is 14.3 Å². The van der Waals surface area contributed by atoms with Gasteiger partial charge in [-0.15, -0.1) is 0 Å². The molecule has 0 radical (unpaired) electrons. The molecule has 5 nitrogen and oxygen atoms in total. The van der Waals surface area contributed by atoms with Crippen molar-refractivity contribution in [2.75, 3.05) is 13.2 Å². The maximum absolute atomic E-state index is 13.4. The Balaban J connectivity index is 2.35. The van der Waals surface area contributed by atoms with Crippen LogP contribution >= 0.6 is 0 Å². The summed E-state index contributed by atoms with van der Waals surface area (Å²) in [5.74, 6) is 0.0992. The van der Waals surface area contributed by atoms with Crippen LogP contribution in [0.1, 0.15) is 27.2 Å². The Bertz CT molecular complexity index is 468. The SMILES string of the molecule is CC(C)CC(CO)NC(=O)NCC(C)Oc1ccccc1F. The average molecular weight is 312 g/mol. The summed E-state index contributed by atoms with van der Waals surface area (Å²) in [5.41, 5.74) is 0. The lowest BCUT2D eigenvalue weighted by Crippen LogP contribution is -2.46. The minimum absolute atomic E-state index is 0.104. The van der Waals surface area contributed by atoms with Gasteiger partial charge in [0.15, 0.2) is 11.6 Å². The Hall–Kier alpha value is -1.82. The molecule has 0 aliphatic carbocycles.